The highest BCUT2D eigenvalue weighted by Gasteiger charge is 2.36. The third kappa shape index (κ3) is 3.82. The zero-order valence-electron chi connectivity index (χ0n) is 17.5. The third-order valence-corrected chi connectivity index (χ3v) is 7.09. The Labute approximate surface area is 189 Å². The SMILES string of the molecule is O=C(C[C@H](c1cccs1)N1Cc2ccccc2C1=O)N1CCN(C(=O)c2ccco2)CC1. The number of rotatable bonds is 5. The summed E-state index contributed by atoms with van der Waals surface area (Å²) in [4.78, 5) is 45.1. The Bertz CT molecular complexity index is 1120. The number of benzene rings is 1. The van der Waals surface area contributed by atoms with Gasteiger partial charge >= 0.3 is 0 Å². The maximum Gasteiger partial charge on any atom is 0.289 e. The van der Waals surface area contributed by atoms with E-state index < -0.39 is 0 Å². The third-order valence-electron chi connectivity index (χ3n) is 6.12. The van der Waals surface area contributed by atoms with Crippen LogP contribution in [0.25, 0.3) is 0 Å². The van der Waals surface area contributed by atoms with Gasteiger partial charge in [-0.1, -0.05) is 24.3 Å². The molecule has 164 valence electrons. The average Bonchev–Trinajstić information content (AvgIpc) is 3.59. The van der Waals surface area contributed by atoms with Crippen LogP contribution in [-0.4, -0.2) is 58.6 Å². The van der Waals surface area contributed by atoms with Crippen LogP contribution in [0.5, 0.6) is 0 Å². The van der Waals surface area contributed by atoms with E-state index in [0.29, 0.717) is 44.0 Å². The number of amides is 3. The lowest BCUT2D eigenvalue weighted by molar-refractivity contribution is -0.133. The molecule has 0 radical (unpaired) electrons. The molecule has 2 aliphatic heterocycles. The van der Waals surface area contributed by atoms with Crippen LogP contribution in [0.4, 0.5) is 0 Å². The summed E-state index contributed by atoms with van der Waals surface area (Å²) in [6, 6.07) is 14.6. The Morgan fingerprint density at radius 2 is 1.75 bits per heavy atom. The number of hydrogen-bond acceptors (Lipinski definition) is 5. The molecule has 0 aliphatic carbocycles. The van der Waals surface area contributed by atoms with Gasteiger partial charge in [-0.05, 0) is 35.2 Å². The number of piperazine rings is 1. The topological polar surface area (TPSA) is 74.1 Å². The second kappa shape index (κ2) is 8.63. The molecule has 0 spiro atoms. The number of carbonyl (C=O) groups is 3. The van der Waals surface area contributed by atoms with Gasteiger partial charge in [0.1, 0.15) is 0 Å². The maximum atomic E-state index is 13.2. The Balaban J connectivity index is 1.27. The maximum absolute atomic E-state index is 13.2. The second-order valence-electron chi connectivity index (χ2n) is 7.98. The fourth-order valence-electron chi connectivity index (χ4n) is 4.38. The largest absolute Gasteiger partial charge is 0.459 e. The molecule has 0 saturated carbocycles. The summed E-state index contributed by atoms with van der Waals surface area (Å²) >= 11 is 1.56. The van der Waals surface area contributed by atoms with E-state index in [2.05, 4.69) is 0 Å². The molecule has 5 rings (SSSR count). The number of furan rings is 1. The van der Waals surface area contributed by atoms with Crippen molar-refractivity contribution in [2.24, 2.45) is 0 Å². The van der Waals surface area contributed by atoms with Crippen LogP contribution in [0.2, 0.25) is 0 Å². The van der Waals surface area contributed by atoms with Gasteiger partial charge in [0.2, 0.25) is 5.91 Å². The first-order chi connectivity index (χ1) is 15.6. The Hall–Kier alpha value is -3.39. The van der Waals surface area contributed by atoms with Crippen LogP contribution < -0.4 is 0 Å². The predicted octanol–water partition coefficient (Wildman–Crippen LogP) is 3.41. The summed E-state index contributed by atoms with van der Waals surface area (Å²) < 4.78 is 5.20. The number of thiophene rings is 1. The zero-order chi connectivity index (χ0) is 22.1. The van der Waals surface area contributed by atoms with E-state index in [-0.39, 0.29) is 30.2 Å². The van der Waals surface area contributed by atoms with Crippen molar-refractivity contribution in [3.63, 3.8) is 0 Å². The van der Waals surface area contributed by atoms with Crippen LogP contribution >= 0.6 is 11.3 Å². The van der Waals surface area contributed by atoms with Crippen LogP contribution in [0.3, 0.4) is 0 Å². The minimum Gasteiger partial charge on any atom is -0.459 e. The van der Waals surface area contributed by atoms with E-state index in [0.717, 1.165) is 10.4 Å². The number of nitrogens with zero attached hydrogens (tertiary/aromatic N) is 3. The molecule has 2 aromatic heterocycles. The molecule has 3 amide bonds. The van der Waals surface area contributed by atoms with Crippen molar-refractivity contribution >= 4 is 29.1 Å². The van der Waals surface area contributed by atoms with Gasteiger partial charge in [0.05, 0.1) is 18.7 Å². The molecule has 0 bridgehead atoms. The summed E-state index contributed by atoms with van der Waals surface area (Å²) in [6.07, 6.45) is 1.71. The van der Waals surface area contributed by atoms with Crippen molar-refractivity contribution in [1.82, 2.24) is 14.7 Å². The van der Waals surface area contributed by atoms with Gasteiger partial charge in [-0.15, -0.1) is 11.3 Å². The van der Waals surface area contributed by atoms with Gasteiger partial charge in [-0.2, -0.15) is 0 Å². The summed E-state index contributed by atoms with van der Waals surface area (Å²) in [6.45, 7) is 2.37. The minimum atomic E-state index is -0.301. The lowest BCUT2D eigenvalue weighted by atomic mass is 10.1. The van der Waals surface area contributed by atoms with E-state index in [1.54, 1.807) is 33.3 Å². The minimum absolute atomic E-state index is 0.00254. The predicted molar refractivity (Wildman–Crippen MR) is 119 cm³/mol. The van der Waals surface area contributed by atoms with E-state index in [1.807, 2.05) is 46.7 Å². The molecule has 8 heteroatoms. The van der Waals surface area contributed by atoms with Gasteiger partial charge in [0.25, 0.3) is 11.8 Å². The van der Waals surface area contributed by atoms with Crippen LogP contribution in [-0.2, 0) is 11.3 Å². The molecule has 0 N–H and O–H groups in total. The summed E-state index contributed by atoms with van der Waals surface area (Å²) in [5, 5.41) is 1.97. The molecule has 7 nitrogen and oxygen atoms in total. The van der Waals surface area contributed by atoms with Crippen molar-refractivity contribution < 1.29 is 18.8 Å². The highest BCUT2D eigenvalue weighted by atomic mass is 32.1. The number of fused-ring (bicyclic) bond motifs is 1. The quantitative estimate of drug-likeness (QED) is 0.598. The first-order valence-electron chi connectivity index (χ1n) is 10.6. The molecule has 1 fully saturated rings. The molecule has 0 unspecified atom stereocenters. The van der Waals surface area contributed by atoms with Crippen molar-refractivity contribution in [2.45, 2.75) is 19.0 Å². The molecule has 3 aromatic rings. The van der Waals surface area contributed by atoms with Gasteiger partial charge < -0.3 is 19.1 Å². The number of hydrogen-bond donors (Lipinski definition) is 0. The van der Waals surface area contributed by atoms with Crippen molar-refractivity contribution in [3.05, 3.63) is 81.9 Å². The van der Waals surface area contributed by atoms with Gasteiger partial charge in [0, 0.05) is 43.2 Å². The van der Waals surface area contributed by atoms with Gasteiger partial charge in [-0.25, -0.2) is 0 Å². The molecule has 1 saturated heterocycles. The molecular weight excluding hydrogens is 426 g/mol. The van der Waals surface area contributed by atoms with E-state index in [1.165, 1.54) is 6.26 Å². The first kappa shape index (κ1) is 20.5. The Morgan fingerprint density at radius 3 is 2.44 bits per heavy atom. The molecule has 1 aromatic carbocycles. The molecule has 1 atom stereocenters. The lowest BCUT2D eigenvalue weighted by Crippen LogP contribution is -2.51. The van der Waals surface area contributed by atoms with Crippen molar-refractivity contribution in [1.29, 1.82) is 0 Å². The van der Waals surface area contributed by atoms with Crippen LogP contribution in [0, 0.1) is 0 Å². The smallest absolute Gasteiger partial charge is 0.289 e. The van der Waals surface area contributed by atoms with E-state index in [4.69, 9.17) is 4.42 Å². The average molecular weight is 450 g/mol. The first-order valence-corrected chi connectivity index (χ1v) is 11.5. The zero-order valence-corrected chi connectivity index (χ0v) is 18.3. The molecule has 4 heterocycles. The van der Waals surface area contributed by atoms with Crippen LogP contribution in [0.1, 0.15) is 43.8 Å². The molecule has 32 heavy (non-hydrogen) atoms. The lowest BCUT2D eigenvalue weighted by Gasteiger charge is -2.36. The normalized spacial score (nSPS) is 16.9. The van der Waals surface area contributed by atoms with E-state index >= 15 is 0 Å². The van der Waals surface area contributed by atoms with Crippen molar-refractivity contribution in [2.75, 3.05) is 26.2 Å². The highest BCUT2D eigenvalue weighted by Crippen LogP contribution is 2.35. The molecular formula is C24H23N3O4S. The fourth-order valence-corrected chi connectivity index (χ4v) is 5.22. The highest BCUT2D eigenvalue weighted by molar-refractivity contribution is 7.10. The summed E-state index contributed by atoms with van der Waals surface area (Å²) in [5.41, 5.74) is 1.71. The summed E-state index contributed by atoms with van der Waals surface area (Å²) in [7, 11) is 0. The van der Waals surface area contributed by atoms with Gasteiger partial charge in [-0.3, -0.25) is 14.4 Å². The molecule has 2 aliphatic rings. The van der Waals surface area contributed by atoms with Crippen LogP contribution in [0.15, 0.2) is 64.6 Å². The summed E-state index contributed by atoms with van der Waals surface area (Å²) in [5.74, 6) is 0.131. The second-order valence-corrected chi connectivity index (χ2v) is 8.96. The standard InChI is InChI=1S/C24H23N3O4S/c28-22(25-9-11-26(12-10-25)24(30)20-7-3-13-31-20)15-19(21-8-4-14-32-21)27-16-17-5-1-2-6-18(17)23(27)29/h1-8,13-14,19H,9-12,15-16H2/t19-/m1/s1. The fraction of sp³-hybridized carbons (Fsp3) is 0.292. The van der Waals surface area contributed by atoms with Crippen molar-refractivity contribution in [3.8, 4) is 0 Å². The Kier molecular flexibility index (Phi) is 5.53. The van der Waals surface area contributed by atoms with Gasteiger partial charge in [0.15, 0.2) is 5.76 Å². The Morgan fingerprint density at radius 1 is 0.969 bits per heavy atom. The number of carbonyl (C=O) groups excluding carboxylic acids is 3. The monoisotopic (exact) mass is 449 g/mol. The van der Waals surface area contributed by atoms with E-state index in [9.17, 15) is 14.4 Å².